The number of carbonyl (C=O) groups excluding carboxylic acids is 1. The van der Waals surface area contributed by atoms with Crippen molar-refractivity contribution in [3.63, 3.8) is 0 Å². The molecule has 4 heteroatoms. The number of carboxylic acid groups (broad SMARTS) is 1. The molecule has 1 N–H and O–H groups in total. The van der Waals surface area contributed by atoms with Crippen molar-refractivity contribution in [2.24, 2.45) is 11.3 Å². The summed E-state index contributed by atoms with van der Waals surface area (Å²) in [6, 6.07) is 9.66. The Morgan fingerprint density at radius 2 is 1.82 bits per heavy atom. The Labute approximate surface area is 132 Å². The Morgan fingerprint density at radius 3 is 2.27 bits per heavy atom. The average molecular weight is 303 g/mol. The highest BCUT2D eigenvalue weighted by molar-refractivity contribution is 5.88. The summed E-state index contributed by atoms with van der Waals surface area (Å²) in [7, 11) is 0. The van der Waals surface area contributed by atoms with E-state index in [1.807, 2.05) is 58.0 Å². The van der Waals surface area contributed by atoms with Gasteiger partial charge in [0, 0.05) is 13.1 Å². The molecule has 0 aromatic heterocycles. The highest BCUT2D eigenvalue weighted by atomic mass is 16.4. The number of rotatable bonds is 4. The number of amides is 1. The first kappa shape index (κ1) is 16.5. The summed E-state index contributed by atoms with van der Waals surface area (Å²) in [5, 5.41) is 9.62. The van der Waals surface area contributed by atoms with Crippen molar-refractivity contribution in [2.75, 3.05) is 13.1 Å². The fraction of sp³-hybridized carbons (Fsp3) is 0.556. The van der Waals surface area contributed by atoms with Gasteiger partial charge in [-0.2, -0.15) is 0 Å². The van der Waals surface area contributed by atoms with E-state index < -0.39 is 16.8 Å². The molecule has 1 saturated heterocycles. The van der Waals surface area contributed by atoms with E-state index in [2.05, 4.69) is 0 Å². The van der Waals surface area contributed by atoms with Gasteiger partial charge in [-0.3, -0.25) is 9.59 Å². The van der Waals surface area contributed by atoms with Crippen LogP contribution in [0.15, 0.2) is 30.3 Å². The molecule has 0 spiro atoms. The summed E-state index contributed by atoms with van der Waals surface area (Å²) >= 11 is 0. The lowest BCUT2D eigenvalue weighted by atomic mass is 9.76. The van der Waals surface area contributed by atoms with Gasteiger partial charge < -0.3 is 10.0 Å². The SMILES string of the molecule is CC(C)C1(C(=O)O)CCN(C(=O)C(C)(C)c2ccccc2)C1. The molecule has 0 bridgehead atoms. The van der Waals surface area contributed by atoms with Crippen LogP contribution in [0.2, 0.25) is 0 Å². The molecule has 4 nitrogen and oxygen atoms in total. The standard InChI is InChI=1S/C18H25NO3/c1-13(2)18(16(21)22)10-11-19(12-18)15(20)17(3,4)14-8-6-5-7-9-14/h5-9,13H,10-12H2,1-4H3,(H,21,22). The molecule has 1 aromatic carbocycles. The molecule has 1 amide bonds. The van der Waals surface area contributed by atoms with Gasteiger partial charge in [0.1, 0.15) is 0 Å². The summed E-state index contributed by atoms with van der Waals surface area (Å²) in [4.78, 5) is 26.4. The fourth-order valence-electron chi connectivity index (χ4n) is 3.27. The summed E-state index contributed by atoms with van der Waals surface area (Å²) in [5.41, 5.74) is -0.507. The second-order valence-corrected chi connectivity index (χ2v) is 7.08. The molecular weight excluding hydrogens is 278 g/mol. The van der Waals surface area contributed by atoms with Crippen molar-refractivity contribution in [2.45, 2.75) is 39.5 Å². The van der Waals surface area contributed by atoms with Crippen LogP contribution in [0.3, 0.4) is 0 Å². The van der Waals surface area contributed by atoms with Gasteiger partial charge in [0.05, 0.1) is 10.8 Å². The van der Waals surface area contributed by atoms with Crippen molar-refractivity contribution in [3.05, 3.63) is 35.9 Å². The van der Waals surface area contributed by atoms with E-state index in [0.717, 1.165) is 5.56 Å². The zero-order valence-corrected chi connectivity index (χ0v) is 13.8. The third-order valence-corrected chi connectivity index (χ3v) is 5.15. The minimum atomic E-state index is -0.817. The van der Waals surface area contributed by atoms with Gasteiger partial charge in [-0.15, -0.1) is 0 Å². The number of benzene rings is 1. The van der Waals surface area contributed by atoms with Crippen molar-refractivity contribution in [1.82, 2.24) is 4.90 Å². The number of aliphatic carboxylic acids is 1. The fourth-order valence-corrected chi connectivity index (χ4v) is 3.27. The lowest BCUT2D eigenvalue weighted by molar-refractivity contribution is -0.151. The van der Waals surface area contributed by atoms with E-state index in [0.29, 0.717) is 19.5 Å². The van der Waals surface area contributed by atoms with Gasteiger partial charge in [-0.25, -0.2) is 0 Å². The van der Waals surface area contributed by atoms with Gasteiger partial charge in [0.15, 0.2) is 0 Å². The van der Waals surface area contributed by atoms with Crippen molar-refractivity contribution in [1.29, 1.82) is 0 Å². The molecule has 2 rings (SSSR count). The molecule has 1 atom stereocenters. The summed E-state index contributed by atoms with van der Waals surface area (Å²) in [5.74, 6) is -0.791. The molecule has 1 heterocycles. The van der Waals surface area contributed by atoms with Crippen LogP contribution in [0.1, 0.15) is 39.7 Å². The van der Waals surface area contributed by atoms with E-state index in [1.54, 1.807) is 4.90 Å². The Hall–Kier alpha value is -1.84. The van der Waals surface area contributed by atoms with Gasteiger partial charge in [0.25, 0.3) is 0 Å². The molecule has 1 unspecified atom stereocenters. The first-order chi connectivity index (χ1) is 10.2. The van der Waals surface area contributed by atoms with Crippen LogP contribution in [-0.4, -0.2) is 35.0 Å². The molecule has 1 aromatic rings. The third-order valence-electron chi connectivity index (χ3n) is 5.15. The number of hydrogen-bond donors (Lipinski definition) is 1. The molecule has 1 fully saturated rings. The summed E-state index contributed by atoms with van der Waals surface area (Å²) < 4.78 is 0. The quantitative estimate of drug-likeness (QED) is 0.930. The predicted octanol–water partition coefficient (Wildman–Crippen LogP) is 2.92. The van der Waals surface area contributed by atoms with Crippen LogP contribution < -0.4 is 0 Å². The predicted molar refractivity (Wildman–Crippen MR) is 85.6 cm³/mol. The minimum Gasteiger partial charge on any atom is -0.481 e. The highest BCUT2D eigenvalue weighted by Gasteiger charge is 2.50. The second kappa shape index (κ2) is 5.75. The maximum atomic E-state index is 12.9. The molecule has 0 aliphatic carbocycles. The number of carboxylic acids is 1. The molecule has 0 saturated carbocycles. The summed E-state index contributed by atoms with van der Waals surface area (Å²) in [6.45, 7) is 8.46. The molecular formula is C18H25NO3. The van der Waals surface area contributed by atoms with Gasteiger partial charge in [-0.1, -0.05) is 44.2 Å². The third kappa shape index (κ3) is 2.62. The Bertz CT molecular complexity index is 565. The maximum absolute atomic E-state index is 12.9. The first-order valence-corrected chi connectivity index (χ1v) is 7.80. The highest BCUT2D eigenvalue weighted by Crippen LogP contribution is 2.40. The molecule has 0 radical (unpaired) electrons. The number of likely N-dealkylation sites (tertiary alicyclic amines) is 1. The minimum absolute atomic E-state index is 0.00229. The Morgan fingerprint density at radius 1 is 1.23 bits per heavy atom. The van der Waals surface area contributed by atoms with Crippen molar-refractivity contribution < 1.29 is 14.7 Å². The van der Waals surface area contributed by atoms with Crippen LogP contribution in [0.5, 0.6) is 0 Å². The van der Waals surface area contributed by atoms with E-state index in [1.165, 1.54) is 0 Å². The van der Waals surface area contributed by atoms with Crippen LogP contribution >= 0.6 is 0 Å². The van der Waals surface area contributed by atoms with E-state index in [4.69, 9.17) is 0 Å². The smallest absolute Gasteiger partial charge is 0.311 e. The number of hydrogen-bond acceptors (Lipinski definition) is 2. The Balaban J connectivity index is 2.23. The lowest BCUT2D eigenvalue weighted by Gasteiger charge is -2.32. The lowest BCUT2D eigenvalue weighted by Crippen LogP contribution is -2.45. The topological polar surface area (TPSA) is 57.6 Å². The first-order valence-electron chi connectivity index (χ1n) is 7.80. The molecule has 120 valence electrons. The second-order valence-electron chi connectivity index (χ2n) is 7.08. The van der Waals surface area contributed by atoms with Crippen LogP contribution in [0.25, 0.3) is 0 Å². The van der Waals surface area contributed by atoms with Gasteiger partial charge >= 0.3 is 5.97 Å². The largest absolute Gasteiger partial charge is 0.481 e. The van der Waals surface area contributed by atoms with E-state index >= 15 is 0 Å². The van der Waals surface area contributed by atoms with Gasteiger partial charge in [0.2, 0.25) is 5.91 Å². The molecule has 1 aliphatic heterocycles. The number of nitrogens with zero attached hydrogens (tertiary/aromatic N) is 1. The average Bonchev–Trinajstić information content (AvgIpc) is 2.94. The zero-order chi connectivity index (χ0) is 16.5. The van der Waals surface area contributed by atoms with E-state index in [-0.39, 0.29) is 11.8 Å². The molecule has 1 aliphatic rings. The number of carbonyl (C=O) groups is 2. The zero-order valence-electron chi connectivity index (χ0n) is 13.8. The van der Waals surface area contributed by atoms with E-state index in [9.17, 15) is 14.7 Å². The van der Waals surface area contributed by atoms with Crippen LogP contribution in [0.4, 0.5) is 0 Å². The van der Waals surface area contributed by atoms with Crippen molar-refractivity contribution in [3.8, 4) is 0 Å². The normalized spacial score (nSPS) is 22.1. The Kier molecular flexibility index (Phi) is 4.32. The van der Waals surface area contributed by atoms with Crippen LogP contribution in [0, 0.1) is 11.3 Å². The molecule has 22 heavy (non-hydrogen) atoms. The summed E-state index contributed by atoms with van der Waals surface area (Å²) in [6.07, 6.45) is 0.524. The monoisotopic (exact) mass is 303 g/mol. The van der Waals surface area contributed by atoms with Gasteiger partial charge in [-0.05, 0) is 31.7 Å². The maximum Gasteiger partial charge on any atom is 0.311 e. The van der Waals surface area contributed by atoms with Crippen LogP contribution in [-0.2, 0) is 15.0 Å². The van der Waals surface area contributed by atoms with Crippen molar-refractivity contribution >= 4 is 11.9 Å².